The lowest BCUT2D eigenvalue weighted by Gasteiger charge is -2.36. The average molecular weight is 364 g/mol. The molecule has 6 heteroatoms. The summed E-state index contributed by atoms with van der Waals surface area (Å²) in [5.41, 5.74) is 1.48. The molecule has 1 aromatic carbocycles. The molecule has 2 aliphatic rings. The number of carbonyl (C=O) groups excluding carboxylic acids is 3. The van der Waals surface area contributed by atoms with E-state index in [0.717, 1.165) is 24.8 Å². The second kappa shape index (κ2) is 7.56. The number of fused-ring (bicyclic) bond motifs is 2. The summed E-state index contributed by atoms with van der Waals surface area (Å²) >= 11 is 6.07. The molecule has 1 amide bonds. The molecular formula is C19H22ClNO4. The van der Waals surface area contributed by atoms with Crippen molar-refractivity contribution in [3.63, 3.8) is 0 Å². The predicted molar refractivity (Wildman–Crippen MR) is 94.3 cm³/mol. The van der Waals surface area contributed by atoms with Gasteiger partial charge in [0.25, 0.3) is 5.91 Å². The number of Topliss-reactive ketones (excluding diaryl/α,β-unsaturated/α-hetero) is 1. The molecule has 2 atom stereocenters. The molecule has 5 nitrogen and oxygen atoms in total. The molecule has 0 heterocycles. The summed E-state index contributed by atoms with van der Waals surface area (Å²) in [5, 5.41) is 3.08. The Bertz CT molecular complexity index is 687. The van der Waals surface area contributed by atoms with Gasteiger partial charge in [-0.3, -0.25) is 14.4 Å². The number of nitrogens with one attached hydrogen (secondary N) is 1. The zero-order valence-electron chi connectivity index (χ0n) is 14.2. The molecule has 3 rings (SSSR count). The third-order valence-electron chi connectivity index (χ3n) is 5.13. The number of ketones is 1. The van der Waals surface area contributed by atoms with Gasteiger partial charge in [0.05, 0.1) is 16.6 Å². The summed E-state index contributed by atoms with van der Waals surface area (Å²) in [7, 11) is 0. The second-order valence-corrected chi connectivity index (χ2v) is 7.44. The number of benzene rings is 1. The molecule has 0 saturated heterocycles. The number of carbonyl (C=O) groups is 3. The van der Waals surface area contributed by atoms with E-state index in [-0.39, 0.29) is 30.3 Å². The van der Waals surface area contributed by atoms with E-state index in [1.54, 1.807) is 12.1 Å². The summed E-state index contributed by atoms with van der Waals surface area (Å²) < 4.78 is 5.17. The number of aryl methyl sites for hydroxylation is 1. The Kier molecular flexibility index (Phi) is 5.42. The van der Waals surface area contributed by atoms with Crippen molar-refractivity contribution >= 4 is 34.9 Å². The molecule has 0 aromatic heterocycles. The monoisotopic (exact) mass is 363 g/mol. The van der Waals surface area contributed by atoms with Crippen LogP contribution in [0.2, 0.25) is 5.02 Å². The summed E-state index contributed by atoms with van der Waals surface area (Å²) in [6, 6.07) is 5.30. The number of ether oxygens (including phenoxy) is 1. The van der Waals surface area contributed by atoms with Crippen LogP contribution in [0.25, 0.3) is 0 Å². The smallest absolute Gasteiger partial charge is 0.309 e. The van der Waals surface area contributed by atoms with E-state index in [0.29, 0.717) is 29.3 Å². The van der Waals surface area contributed by atoms with Crippen molar-refractivity contribution in [1.82, 2.24) is 0 Å². The van der Waals surface area contributed by atoms with E-state index < -0.39 is 5.91 Å². The molecule has 2 bridgehead atoms. The number of hydrogen-bond donors (Lipinski definition) is 1. The van der Waals surface area contributed by atoms with E-state index in [1.165, 1.54) is 0 Å². The fourth-order valence-electron chi connectivity index (χ4n) is 3.83. The summed E-state index contributed by atoms with van der Waals surface area (Å²) in [6.45, 7) is 1.56. The standard InChI is InChI=1S/C19H22ClNO4/c1-11-5-6-16(15(20)7-11)21-17(22)10-25-19(24)14-8-12-3-2-4-13(9-14)18(12)23/h5-7,12-14H,2-4,8-10H2,1H3,(H,21,22)/t12-,13-/m1/s1. The topological polar surface area (TPSA) is 72.5 Å². The highest BCUT2D eigenvalue weighted by Crippen LogP contribution is 2.40. The normalized spacial score (nSPS) is 25.4. The van der Waals surface area contributed by atoms with Crippen LogP contribution in [-0.2, 0) is 19.1 Å². The van der Waals surface area contributed by atoms with Crippen LogP contribution in [0.3, 0.4) is 0 Å². The second-order valence-electron chi connectivity index (χ2n) is 7.03. The van der Waals surface area contributed by atoms with E-state index in [4.69, 9.17) is 16.3 Å². The molecule has 2 aliphatic carbocycles. The van der Waals surface area contributed by atoms with Crippen molar-refractivity contribution in [3.8, 4) is 0 Å². The number of amides is 1. The van der Waals surface area contributed by atoms with Crippen LogP contribution in [0.1, 0.15) is 37.7 Å². The van der Waals surface area contributed by atoms with Gasteiger partial charge < -0.3 is 10.1 Å². The fourth-order valence-corrected chi connectivity index (χ4v) is 4.12. The SMILES string of the molecule is Cc1ccc(NC(=O)COC(=O)C2C[C@H]3CCC[C@H](C2)C3=O)c(Cl)c1. The Morgan fingerprint density at radius 3 is 2.56 bits per heavy atom. The zero-order chi connectivity index (χ0) is 18.0. The average Bonchev–Trinajstić information content (AvgIpc) is 2.55. The number of rotatable bonds is 4. The Balaban J connectivity index is 1.50. The first kappa shape index (κ1) is 17.9. The fraction of sp³-hybridized carbons (Fsp3) is 0.526. The third kappa shape index (κ3) is 4.21. The van der Waals surface area contributed by atoms with Gasteiger partial charge >= 0.3 is 5.97 Å². The summed E-state index contributed by atoms with van der Waals surface area (Å²) in [5.74, 6) is -0.790. The quantitative estimate of drug-likeness (QED) is 0.830. The van der Waals surface area contributed by atoms with Gasteiger partial charge in [-0.25, -0.2) is 0 Å². The van der Waals surface area contributed by atoms with E-state index in [9.17, 15) is 14.4 Å². The Labute approximate surface area is 152 Å². The number of anilines is 1. The van der Waals surface area contributed by atoms with Crippen LogP contribution in [0.15, 0.2) is 18.2 Å². The highest BCUT2D eigenvalue weighted by atomic mass is 35.5. The largest absolute Gasteiger partial charge is 0.455 e. The van der Waals surface area contributed by atoms with Gasteiger partial charge in [0, 0.05) is 11.8 Å². The molecule has 0 radical (unpaired) electrons. The lowest BCUT2D eigenvalue weighted by molar-refractivity contribution is -0.155. The molecule has 1 N–H and O–H groups in total. The van der Waals surface area contributed by atoms with Crippen LogP contribution >= 0.6 is 11.6 Å². The van der Waals surface area contributed by atoms with Crippen LogP contribution in [-0.4, -0.2) is 24.3 Å². The van der Waals surface area contributed by atoms with Gasteiger partial charge in [-0.2, -0.15) is 0 Å². The minimum absolute atomic E-state index is 0.00904. The van der Waals surface area contributed by atoms with E-state index in [1.807, 2.05) is 13.0 Å². The zero-order valence-corrected chi connectivity index (χ0v) is 15.0. The number of halogens is 1. The molecule has 2 saturated carbocycles. The molecular weight excluding hydrogens is 342 g/mol. The van der Waals surface area contributed by atoms with Crippen molar-refractivity contribution in [2.75, 3.05) is 11.9 Å². The molecule has 25 heavy (non-hydrogen) atoms. The third-order valence-corrected chi connectivity index (χ3v) is 5.44. The van der Waals surface area contributed by atoms with Gasteiger partial charge in [0.2, 0.25) is 0 Å². The number of hydrogen-bond acceptors (Lipinski definition) is 4. The lowest BCUT2D eigenvalue weighted by atomic mass is 9.67. The highest BCUT2D eigenvalue weighted by molar-refractivity contribution is 6.33. The summed E-state index contributed by atoms with van der Waals surface area (Å²) in [6.07, 6.45) is 3.90. The van der Waals surface area contributed by atoms with Crippen LogP contribution in [0.4, 0.5) is 5.69 Å². The van der Waals surface area contributed by atoms with Crippen LogP contribution in [0, 0.1) is 24.7 Å². The molecule has 0 unspecified atom stereocenters. The Morgan fingerprint density at radius 1 is 1.24 bits per heavy atom. The van der Waals surface area contributed by atoms with Gasteiger partial charge in [-0.15, -0.1) is 0 Å². The lowest BCUT2D eigenvalue weighted by Crippen LogP contribution is -2.40. The molecule has 134 valence electrons. The van der Waals surface area contributed by atoms with Crippen molar-refractivity contribution in [1.29, 1.82) is 0 Å². The molecule has 0 aliphatic heterocycles. The predicted octanol–water partition coefficient (Wildman–Crippen LogP) is 3.53. The molecule has 0 spiro atoms. The first-order valence-corrected chi connectivity index (χ1v) is 9.08. The van der Waals surface area contributed by atoms with Gasteiger partial charge in [0.1, 0.15) is 5.78 Å². The van der Waals surface area contributed by atoms with Crippen molar-refractivity contribution < 1.29 is 19.1 Å². The maximum atomic E-state index is 12.3. The maximum Gasteiger partial charge on any atom is 0.309 e. The van der Waals surface area contributed by atoms with Crippen molar-refractivity contribution in [3.05, 3.63) is 28.8 Å². The van der Waals surface area contributed by atoms with Crippen LogP contribution < -0.4 is 5.32 Å². The van der Waals surface area contributed by atoms with E-state index in [2.05, 4.69) is 5.32 Å². The minimum Gasteiger partial charge on any atom is -0.455 e. The van der Waals surface area contributed by atoms with E-state index >= 15 is 0 Å². The van der Waals surface area contributed by atoms with Crippen LogP contribution in [0.5, 0.6) is 0 Å². The van der Waals surface area contributed by atoms with Crippen molar-refractivity contribution in [2.45, 2.75) is 39.0 Å². The van der Waals surface area contributed by atoms with Gasteiger partial charge in [0.15, 0.2) is 6.61 Å². The first-order valence-electron chi connectivity index (χ1n) is 8.70. The van der Waals surface area contributed by atoms with Crippen molar-refractivity contribution in [2.24, 2.45) is 17.8 Å². The first-order chi connectivity index (χ1) is 11.9. The Morgan fingerprint density at radius 2 is 1.92 bits per heavy atom. The maximum absolute atomic E-state index is 12.3. The molecule has 2 fully saturated rings. The molecule has 1 aromatic rings. The van der Waals surface area contributed by atoms with Gasteiger partial charge in [-0.05, 0) is 50.3 Å². The Hall–Kier alpha value is -1.88. The summed E-state index contributed by atoms with van der Waals surface area (Å²) in [4.78, 5) is 36.3. The number of esters is 1. The minimum atomic E-state index is -0.425. The highest BCUT2D eigenvalue weighted by Gasteiger charge is 2.41. The van der Waals surface area contributed by atoms with Gasteiger partial charge in [-0.1, -0.05) is 24.1 Å².